The van der Waals surface area contributed by atoms with Crippen LogP contribution in [0, 0.1) is 5.92 Å². The van der Waals surface area contributed by atoms with Gasteiger partial charge in [0.1, 0.15) is 0 Å². The number of carbonyl (C=O) groups excluding carboxylic acids is 1. The van der Waals surface area contributed by atoms with Gasteiger partial charge in [-0.05, 0) is 12.1 Å². The van der Waals surface area contributed by atoms with Gasteiger partial charge >= 0.3 is 155 Å². The summed E-state index contributed by atoms with van der Waals surface area (Å²) in [6.07, 6.45) is 7.32. The van der Waals surface area contributed by atoms with Gasteiger partial charge in [-0.3, -0.25) is 0 Å². The average molecular weight is 510 g/mol. The SMILES string of the molecule is N[I-]CCc1ccc(C2CC2)c(C(=O)C2CCC(c3ccc(Cl)cc3)CC2)n1. The van der Waals surface area contributed by atoms with Crippen molar-refractivity contribution in [3.8, 4) is 0 Å². The molecular weight excluding hydrogens is 483 g/mol. The minimum absolute atomic E-state index is 0.116. The molecule has 1 aromatic carbocycles. The summed E-state index contributed by atoms with van der Waals surface area (Å²) in [7, 11) is 0. The molecule has 2 aromatic rings. The number of Topliss-reactive ketones (excluding diaryl/α,β-unsaturated/α-hetero) is 1. The fourth-order valence-electron chi connectivity index (χ4n) is 4.34. The van der Waals surface area contributed by atoms with Crippen LogP contribution in [0.5, 0.6) is 0 Å². The monoisotopic (exact) mass is 509 g/mol. The van der Waals surface area contributed by atoms with E-state index in [0.717, 1.165) is 52.9 Å². The van der Waals surface area contributed by atoms with E-state index in [-0.39, 0.29) is 33.2 Å². The number of nitrogens with two attached hydrogens (primary N) is 1. The molecule has 2 aliphatic rings. The summed E-state index contributed by atoms with van der Waals surface area (Å²) in [5, 5.41) is 0.780. The molecule has 5 heteroatoms. The number of benzene rings is 1. The van der Waals surface area contributed by atoms with Gasteiger partial charge in [-0.15, -0.1) is 0 Å². The van der Waals surface area contributed by atoms with Crippen molar-refractivity contribution in [2.45, 2.75) is 56.8 Å². The van der Waals surface area contributed by atoms with Gasteiger partial charge in [0.15, 0.2) is 0 Å². The number of carbonyl (C=O) groups is 1. The van der Waals surface area contributed by atoms with Gasteiger partial charge in [0.2, 0.25) is 0 Å². The summed E-state index contributed by atoms with van der Waals surface area (Å²) in [5.41, 5.74) is 4.34. The number of ketones is 1. The molecule has 28 heavy (non-hydrogen) atoms. The predicted molar refractivity (Wildman–Crippen MR) is 109 cm³/mol. The Morgan fingerprint density at radius 3 is 2.32 bits per heavy atom. The Labute approximate surface area is 183 Å². The second-order valence-corrected chi connectivity index (χ2v) is 10.5. The Bertz CT molecular complexity index is 827. The number of alkyl halides is 1. The zero-order chi connectivity index (χ0) is 19.5. The van der Waals surface area contributed by atoms with Crippen molar-refractivity contribution >= 4 is 17.4 Å². The quantitative estimate of drug-likeness (QED) is 0.270. The molecule has 1 aromatic heterocycles. The van der Waals surface area contributed by atoms with Crippen LogP contribution < -0.4 is 25.4 Å². The average Bonchev–Trinajstić information content (AvgIpc) is 3.57. The Morgan fingerprint density at radius 2 is 1.68 bits per heavy atom. The van der Waals surface area contributed by atoms with Crippen molar-refractivity contribution < 1.29 is 26.3 Å². The molecule has 3 nitrogen and oxygen atoms in total. The third-order valence-corrected chi connectivity index (χ3v) is 7.55. The molecule has 0 atom stereocenters. The molecule has 2 N–H and O–H groups in total. The molecule has 2 fully saturated rings. The molecule has 150 valence electrons. The van der Waals surface area contributed by atoms with E-state index in [0.29, 0.717) is 11.8 Å². The molecule has 0 saturated heterocycles. The molecule has 2 aliphatic carbocycles. The Hall–Kier alpha value is -0.980. The Kier molecular flexibility index (Phi) is 6.69. The van der Waals surface area contributed by atoms with Crippen LogP contribution in [-0.2, 0) is 6.42 Å². The van der Waals surface area contributed by atoms with E-state index in [9.17, 15) is 4.79 Å². The number of rotatable bonds is 7. The van der Waals surface area contributed by atoms with Gasteiger partial charge in [0.05, 0.1) is 0 Å². The third-order valence-electron chi connectivity index (χ3n) is 6.13. The number of hydrogen-bond acceptors (Lipinski definition) is 3. The van der Waals surface area contributed by atoms with Crippen LogP contribution in [0.4, 0.5) is 0 Å². The van der Waals surface area contributed by atoms with Gasteiger partial charge in [-0.1, -0.05) is 11.6 Å². The molecule has 1 heterocycles. The first-order valence-corrected chi connectivity index (χ1v) is 13.4. The number of aryl methyl sites for hydroxylation is 1. The van der Waals surface area contributed by atoms with E-state index in [1.807, 2.05) is 12.1 Å². The number of nitrogens with zero attached hydrogens (tertiary/aromatic N) is 1. The van der Waals surface area contributed by atoms with Crippen molar-refractivity contribution in [1.29, 1.82) is 0 Å². The third kappa shape index (κ3) is 4.77. The van der Waals surface area contributed by atoms with E-state index < -0.39 is 0 Å². The van der Waals surface area contributed by atoms with Crippen LogP contribution in [0.3, 0.4) is 0 Å². The maximum atomic E-state index is 13.4. The zero-order valence-corrected chi connectivity index (χ0v) is 19.0. The number of hydrogen-bond donors (Lipinski definition) is 1. The Morgan fingerprint density at radius 1 is 1.00 bits per heavy atom. The molecule has 4 rings (SSSR count). The molecule has 0 spiro atoms. The topological polar surface area (TPSA) is 56.0 Å². The van der Waals surface area contributed by atoms with Crippen LogP contribution in [0.1, 0.15) is 77.7 Å². The van der Waals surface area contributed by atoms with E-state index >= 15 is 0 Å². The van der Waals surface area contributed by atoms with Gasteiger partial charge in [-0.2, -0.15) is 0 Å². The molecular formula is C23H27ClIN2O-. The molecule has 0 unspecified atom stereocenters. The van der Waals surface area contributed by atoms with Crippen molar-refractivity contribution in [1.82, 2.24) is 4.98 Å². The summed E-state index contributed by atoms with van der Waals surface area (Å²) >= 11 is 5.79. The standard InChI is InChI=1S/C23H27ClIN2O/c24-19-9-7-16(8-10-19)15-1-5-18(6-2-15)23(28)22-21(17-3-4-17)12-11-20(27-22)13-14-25-26/h7-12,15,17-18H,1-6,13-14,26H2/q-1. The fourth-order valence-corrected chi connectivity index (χ4v) is 5.33. The first-order valence-electron chi connectivity index (χ1n) is 10.2. The first-order chi connectivity index (χ1) is 13.7. The molecule has 0 amide bonds. The van der Waals surface area contributed by atoms with Crippen LogP contribution >= 0.6 is 11.6 Å². The summed E-state index contributed by atoms with van der Waals surface area (Å²) in [6.45, 7) is 0. The van der Waals surface area contributed by atoms with Crippen molar-refractivity contribution in [3.63, 3.8) is 0 Å². The Balaban J connectivity index is 1.46. The van der Waals surface area contributed by atoms with Gasteiger partial charge in [-0.25, -0.2) is 0 Å². The summed E-state index contributed by atoms with van der Waals surface area (Å²) < 4.78 is 6.78. The first kappa shape index (κ1) is 20.3. The molecule has 0 aliphatic heterocycles. The number of halogens is 2. The van der Waals surface area contributed by atoms with Crippen molar-refractivity contribution in [2.24, 2.45) is 9.86 Å². The molecule has 2 saturated carbocycles. The van der Waals surface area contributed by atoms with Crippen molar-refractivity contribution in [3.05, 3.63) is 63.9 Å². The molecule has 0 bridgehead atoms. The van der Waals surface area contributed by atoms with Crippen LogP contribution in [0.25, 0.3) is 0 Å². The van der Waals surface area contributed by atoms with Crippen LogP contribution in [-0.4, -0.2) is 15.2 Å². The van der Waals surface area contributed by atoms with Gasteiger partial charge in [0, 0.05) is 5.02 Å². The second-order valence-electron chi connectivity index (χ2n) is 8.07. The molecule has 0 radical (unpaired) electrons. The van der Waals surface area contributed by atoms with Gasteiger partial charge in [0.25, 0.3) is 0 Å². The zero-order valence-electron chi connectivity index (χ0n) is 16.0. The summed E-state index contributed by atoms with van der Waals surface area (Å²) in [6, 6.07) is 12.5. The summed E-state index contributed by atoms with van der Waals surface area (Å²) in [4.78, 5) is 18.2. The van der Waals surface area contributed by atoms with Gasteiger partial charge < -0.3 is 0 Å². The van der Waals surface area contributed by atoms with Crippen molar-refractivity contribution in [2.75, 3.05) is 4.43 Å². The van der Waals surface area contributed by atoms with Crippen LogP contribution in [0.15, 0.2) is 36.4 Å². The predicted octanol–water partition coefficient (Wildman–Crippen LogP) is 2.27. The van der Waals surface area contributed by atoms with E-state index in [1.54, 1.807) is 0 Å². The minimum atomic E-state index is -0.228. The summed E-state index contributed by atoms with van der Waals surface area (Å²) in [5.74, 6) is 1.48. The van der Waals surface area contributed by atoms with E-state index in [2.05, 4.69) is 24.3 Å². The fraction of sp³-hybridized carbons (Fsp3) is 0.478. The normalized spacial score (nSPS) is 22.4. The van der Waals surface area contributed by atoms with E-state index in [1.165, 1.54) is 24.0 Å². The maximum absolute atomic E-state index is 13.4. The number of pyridine rings is 1. The van der Waals surface area contributed by atoms with E-state index in [4.69, 9.17) is 20.5 Å². The second kappa shape index (κ2) is 9.23. The number of aromatic nitrogens is 1. The van der Waals surface area contributed by atoms with Crippen LogP contribution in [0.2, 0.25) is 5.02 Å².